The molecule has 0 spiro atoms. The first kappa shape index (κ1) is 22.9. The molecule has 2 rings (SSSR count). The predicted molar refractivity (Wildman–Crippen MR) is 90.0 cm³/mol. The second kappa shape index (κ2) is 9.37. The third-order valence-corrected chi connectivity index (χ3v) is 5.23. The summed E-state index contributed by atoms with van der Waals surface area (Å²) in [5.74, 6) is 11.3. The summed E-state index contributed by atoms with van der Waals surface area (Å²) < 4.78 is 0. The Bertz CT molecular complexity index is 320. The molecule has 0 atom stereocenters. The van der Waals surface area contributed by atoms with Crippen molar-refractivity contribution in [2.24, 2.45) is 0 Å². The Labute approximate surface area is 154 Å². The Morgan fingerprint density at radius 3 is 0.696 bits per heavy atom. The first-order valence-corrected chi connectivity index (χ1v) is 7.55. The zero-order valence-electron chi connectivity index (χ0n) is 15.3. The topological polar surface area (TPSA) is 34.1 Å². The summed E-state index contributed by atoms with van der Waals surface area (Å²) in [4.78, 5) is 21.2. The number of hydrogen-bond acceptors (Lipinski definition) is 2. The van der Waals surface area contributed by atoms with Crippen LogP contribution in [0.3, 0.4) is 0 Å². The molecule has 2 aliphatic rings. The molecule has 10 radical (unpaired) electrons. The molecule has 0 aromatic heterocycles. The standard InChI is InChI=1S/2C10H13O.Fe/c2*1-6-7(2)9(4)10(5-11)8(6)3;/h2*5H,1-4H3;/q;;+2. The fraction of sp³-hybridized carbons (Fsp3) is 0.400. The molecule has 124 valence electrons. The smallest absolute Gasteiger partial charge is 0.303 e. The van der Waals surface area contributed by atoms with E-state index in [1.807, 2.05) is 27.7 Å². The Hall–Kier alpha value is -0.141. The summed E-state index contributed by atoms with van der Waals surface area (Å²) in [5, 5.41) is 0. The summed E-state index contributed by atoms with van der Waals surface area (Å²) >= 11 is 0. The number of carbonyl (C=O) groups excluding carboxylic acids is 2. The van der Waals surface area contributed by atoms with Crippen LogP contribution in [0, 0.1) is 59.2 Å². The summed E-state index contributed by atoms with van der Waals surface area (Å²) in [7, 11) is 0. The van der Waals surface area contributed by atoms with Gasteiger partial charge >= 0.3 is 17.1 Å². The van der Waals surface area contributed by atoms with Crippen LogP contribution >= 0.6 is 0 Å². The molecule has 0 amide bonds. The zero-order chi connectivity index (χ0) is 17.2. The summed E-state index contributed by atoms with van der Waals surface area (Å²) in [6.45, 7) is 16.2. The maximum atomic E-state index is 10.6. The minimum Gasteiger partial charge on any atom is -0.303 e. The molecule has 2 saturated carbocycles. The van der Waals surface area contributed by atoms with Crippen LogP contribution in [0.5, 0.6) is 0 Å². The van der Waals surface area contributed by atoms with E-state index in [1.165, 1.54) is 23.7 Å². The van der Waals surface area contributed by atoms with E-state index in [9.17, 15) is 9.59 Å². The molecule has 2 nitrogen and oxygen atoms in total. The molecule has 0 aliphatic heterocycles. The van der Waals surface area contributed by atoms with Crippen molar-refractivity contribution in [3.8, 4) is 0 Å². The molecular weight excluding hydrogens is 328 g/mol. The minimum atomic E-state index is 0. The van der Waals surface area contributed by atoms with Gasteiger partial charge in [-0.3, -0.25) is 0 Å². The molecule has 23 heavy (non-hydrogen) atoms. The van der Waals surface area contributed by atoms with E-state index in [1.54, 1.807) is 0 Å². The van der Waals surface area contributed by atoms with E-state index >= 15 is 0 Å². The Morgan fingerprint density at radius 1 is 0.435 bits per heavy atom. The average molecular weight is 354 g/mol. The van der Waals surface area contributed by atoms with Crippen LogP contribution < -0.4 is 0 Å². The van der Waals surface area contributed by atoms with Gasteiger partial charge in [-0.2, -0.15) is 0 Å². The second-order valence-electron chi connectivity index (χ2n) is 6.06. The largest absolute Gasteiger partial charge is 2.00 e. The van der Waals surface area contributed by atoms with Gasteiger partial charge in [0.05, 0.1) is 11.8 Å². The van der Waals surface area contributed by atoms with Crippen molar-refractivity contribution >= 4 is 12.6 Å². The van der Waals surface area contributed by atoms with Gasteiger partial charge in [-0.25, -0.2) is 0 Å². The minimum absolute atomic E-state index is 0. The fourth-order valence-corrected chi connectivity index (χ4v) is 2.85. The van der Waals surface area contributed by atoms with Gasteiger partial charge in [-0.05, 0) is 47.3 Å². The fourth-order valence-electron chi connectivity index (χ4n) is 2.85. The van der Waals surface area contributed by atoms with Crippen molar-refractivity contribution in [2.75, 3.05) is 0 Å². The third-order valence-electron chi connectivity index (χ3n) is 5.23. The van der Waals surface area contributed by atoms with Gasteiger partial charge in [0, 0.05) is 0 Å². The second-order valence-corrected chi connectivity index (χ2v) is 6.06. The van der Waals surface area contributed by atoms with Crippen LogP contribution in [0.1, 0.15) is 55.4 Å². The first-order chi connectivity index (χ1) is 10.2. The third kappa shape index (κ3) is 4.48. The van der Waals surface area contributed by atoms with Gasteiger partial charge in [0.2, 0.25) is 0 Å². The summed E-state index contributed by atoms with van der Waals surface area (Å²) in [6.07, 6.45) is 1.90. The first-order valence-electron chi connectivity index (χ1n) is 7.55. The van der Waals surface area contributed by atoms with Crippen molar-refractivity contribution in [3.05, 3.63) is 59.2 Å². The quantitative estimate of drug-likeness (QED) is 0.547. The number of rotatable bonds is 2. The van der Waals surface area contributed by atoms with Crippen LogP contribution in [0.4, 0.5) is 0 Å². The maximum Gasteiger partial charge on any atom is 2.00 e. The van der Waals surface area contributed by atoms with Crippen molar-refractivity contribution in [2.45, 2.75) is 55.4 Å². The summed E-state index contributed by atoms with van der Waals surface area (Å²) in [5.41, 5.74) is 0. The Morgan fingerprint density at radius 2 is 0.609 bits per heavy atom. The Kier molecular flexibility index (Phi) is 9.31. The van der Waals surface area contributed by atoms with Crippen LogP contribution in [-0.2, 0) is 26.7 Å². The molecule has 0 heterocycles. The van der Waals surface area contributed by atoms with Gasteiger partial charge in [-0.15, -0.1) is 0 Å². The van der Waals surface area contributed by atoms with Gasteiger partial charge < -0.3 is 9.59 Å². The maximum absolute atomic E-state index is 10.6. The van der Waals surface area contributed by atoms with E-state index in [0.29, 0.717) is 0 Å². The number of hydrogen-bond donors (Lipinski definition) is 0. The van der Waals surface area contributed by atoms with Crippen molar-refractivity contribution < 1.29 is 26.7 Å². The van der Waals surface area contributed by atoms with Crippen molar-refractivity contribution in [1.82, 2.24) is 0 Å². The van der Waals surface area contributed by atoms with E-state index in [2.05, 4.69) is 27.7 Å². The van der Waals surface area contributed by atoms with Crippen LogP contribution in [0.25, 0.3) is 0 Å². The zero-order valence-corrected chi connectivity index (χ0v) is 16.4. The monoisotopic (exact) mass is 354 g/mol. The molecule has 0 aromatic carbocycles. The van der Waals surface area contributed by atoms with Gasteiger partial charge in [0.25, 0.3) is 0 Å². The molecule has 2 aliphatic carbocycles. The molecule has 0 saturated heterocycles. The van der Waals surface area contributed by atoms with Gasteiger partial charge in [0.15, 0.2) is 0 Å². The van der Waals surface area contributed by atoms with Crippen LogP contribution in [-0.4, -0.2) is 12.6 Å². The Balaban J connectivity index is 0.000000403. The van der Waals surface area contributed by atoms with Gasteiger partial charge in [0.1, 0.15) is 12.6 Å². The average Bonchev–Trinajstić information content (AvgIpc) is 2.81. The van der Waals surface area contributed by atoms with Crippen LogP contribution in [0.2, 0.25) is 0 Å². The van der Waals surface area contributed by atoms with Crippen molar-refractivity contribution in [3.63, 3.8) is 0 Å². The molecule has 0 unspecified atom stereocenters. The van der Waals surface area contributed by atoms with Crippen LogP contribution in [0.15, 0.2) is 0 Å². The predicted octanol–water partition coefficient (Wildman–Crippen LogP) is 4.30. The molecule has 0 N–H and O–H groups in total. The van der Waals surface area contributed by atoms with Crippen molar-refractivity contribution in [1.29, 1.82) is 0 Å². The molecular formula is C20H26FeO2+2. The van der Waals surface area contributed by atoms with E-state index in [4.69, 9.17) is 0 Å². The summed E-state index contributed by atoms with van der Waals surface area (Å²) in [6, 6.07) is 0. The molecule has 2 fully saturated rings. The van der Waals surface area contributed by atoms with E-state index in [-0.39, 0.29) is 17.1 Å². The molecule has 0 bridgehead atoms. The molecule has 3 heteroatoms. The molecule has 0 aromatic rings. The SMILES string of the molecule is C[C]1[C](C)[C](C)[C](C=O)[C]1C.C[C]1[C](C)[C](C)[C](C=O)[C]1C.[Fe+2]. The van der Waals surface area contributed by atoms with E-state index in [0.717, 1.165) is 48.1 Å². The number of aldehydes is 2. The van der Waals surface area contributed by atoms with E-state index < -0.39 is 0 Å². The normalized spacial score (nSPS) is 25.4. The number of carbonyl (C=O) groups is 2. The van der Waals surface area contributed by atoms with Gasteiger partial charge in [-0.1, -0.05) is 55.4 Å².